The SMILES string of the molecule is Cc1c(Cc2ccccc2)sc(NC(=S)NC(=O)COc2cccc3ccccc23)c1C(N)=O. The van der Waals surface area contributed by atoms with E-state index >= 15 is 0 Å². The summed E-state index contributed by atoms with van der Waals surface area (Å²) in [5.74, 6) is -0.351. The monoisotopic (exact) mass is 489 g/mol. The highest BCUT2D eigenvalue weighted by Gasteiger charge is 2.20. The molecule has 0 saturated carbocycles. The van der Waals surface area contributed by atoms with Crippen molar-refractivity contribution in [3.8, 4) is 5.75 Å². The molecule has 34 heavy (non-hydrogen) atoms. The first-order valence-electron chi connectivity index (χ1n) is 10.6. The third kappa shape index (κ3) is 5.41. The number of amides is 2. The number of nitrogens with one attached hydrogen (secondary N) is 2. The fourth-order valence-electron chi connectivity index (χ4n) is 3.66. The number of hydrogen-bond acceptors (Lipinski definition) is 5. The second-order valence-corrected chi connectivity index (χ2v) is 9.16. The molecule has 0 fully saturated rings. The molecular formula is C26H23N3O3S2. The maximum atomic E-state index is 12.4. The quantitative estimate of drug-likeness (QED) is 0.325. The third-order valence-corrected chi connectivity index (χ3v) is 6.70. The summed E-state index contributed by atoms with van der Waals surface area (Å²) < 4.78 is 5.71. The lowest BCUT2D eigenvalue weighted by Crippen LogP contribution is -2.37. The van der Waals surface area contributed by atoms with Gasteiger partial charge in [0.25, 0.3) is 11.8 Å². The third-order valence-electron chi connectivity index (χ3n) is 5.29. The number of rotatable bonds is 7. The van der Waals surface area contributed by atoms with Crippen molar-refractivity contribution in [1.29, 1.82) is 0 Å². The minimum Gasteiger partial charge on any atom is -0.483 e. The van der Waals surface area contributed by atoms with Gasteiger partial charge in [-0.15, -0.1) is 11.3 Å². The Balaban J connectivity index is 1.41. The predicted molar refractivity (Wildman–Crippen MR) is 141 cm³/mol. The fourth-order valence-corrected chi connectivity index (χ4v) is 5.19. The Morgan fingerprint density at radius 1 is 1.00 bits per heavy atom. The molecule has 4 rings (SSSR count). The standard InChI is InChI=1S/C26H23N3O3S2/c1-16-21(14-17-8-3-2-4-9-17)34-25(23(16)24(27)31)29-26(33)28-22(30)15-32-20-13-7-11-18-10-5-6-12-19(18)20/h2-13H,14-15H2,1H3,(H2,27,31)(H2,28,29,30,33). The zero-order chi connectivity index (χ0) is 24.1. The number of thiophene rings is 1. The number of fused-ring (bicyclic) bond motifs is 1. The summed E-state index contributed by atoms with van der Waals surface area (Å²) in [7, 11) is 0. The summed E-state index contributed by atoms with van der Waals surface area (Å²) in [6, 6.07) is 23.4. The molecule has 6 nitrogen and oxygen atoms in total. The van der Waals surface area contributed by atoms with Gasteiger partial charge in [0.15, 0.2) is 11.7 Å². The number of anilines is 1. The van der Waals surface area contributed by atoms with Crippen molar-refractivity contribution in [1.82, 2.24) is 5.32 Å². The van der Waals surface area contributed by atoms with Gasteiger partial charge in [-0.05, 0) is 41.7 Å². The highest BCUT2D eigenvalue weighted by molar-refractivity contribution is 7.80. The van der Waals surface area contributed by atoms with Crippen LogP contribution in [-0.4, -0.2) is 23.5 Å². The highest BCUT2D eigenvalue weighted by Crippen LogP contribution is 2.34. The number of nitrogens with two attached hydrogens (primary N) is 1. The smallest absolute Gasteiger partial charge is 0.264 e. The first kappa shape index (κ1) is 23.4. The van der Waals surface area contributed by atoms with Crippen LogP contribution in [0.15, 0.2) is 72.8 Å². The van der Waals surface area contributed by atoms with Crippen LogP contribution in [0.4, 0.5) is 5.00 Å². The van der Waals surface area contributed by atoms with Crippen LogP contribution in [0.2, 0.25) is 0 Å². The molecule has 0 aliphatic carbocycles. The van der Waals surface area contributed by atoms with Gasteiger partial charge in [-0.25, -0.2) is 0 Å². The Hall–Kier alpha value is -3.75. The average molecular weight is 490 g/mol. The first-order chi connectivity index (χ1) is 16.4. The first-order valence-corrected chi connectivity index (χ1v) is 11.8. The second-order valence-electron chi connectivity index (χ2n) is 7.65. The van der Waals surface area contributed by atoms with E-state index in [0.717, 1.165) is 26.8 Å². The van der Waals surface area contributed by atoms with E-state index < -0.39 is 11.8 Å². The van der Waals surface area contributed by atoms with E-state index in [0.29, 0.717) is 22.7 Å². The minimum absolute atomic E-state index is 0.0709. The van der Waals surface area contributed by atoms with Crippen LogP contribution in [0.25, 0.3) is 10.8 Å². The summed E-state index contributed by atoms with van der Waals surface area (Å²) in [4.78, 5) is 25.5. The van der Waals surface area contributed by atoms with Gasteiger partial charge in [-0.3, -0.25) is 14.9 Å². The van der Waals surface area contributed by atoms with Crippen molar-refractivity contribution in [2.75, 3.05) is 11.9 Å². The summed E-state index contributed by atoms with van der Waals surface area (Å²) in [5.41, 5.74) is 7.93. The van der Waals surface area contributed by atoms with Crippen molar-refractivity contribution in [2.24, 2.45) is 5.73 Å². The predicted octanol–water partition coefficient (Wildman–Crippen LogP) is 4.79. The van der Waals surface area contributed by atoms with E-state index in [1.54, 1.807) is 0 Å². The van der Waals surface area contributed by atoms with Crippen LogP contribution in [0.1, 0.15) is 26.4 Å². The number of primary amides is 1. The van der Waals surface area contributed by atoms with Crippen LogP contribution in [0.5, 0.6) is 5.75 Å². The molecular weight excluding hydrogens is 466 g/mol. The number of ether oxygens (including phenoxy) is 1. The average Bonchev–Trinajstić information content (AvgIpc) is 3.12. The Morgan fingerprint density at radius 3 is 2.47 bits per heavy atom. The van der Waals surface area contributed by atoms with Crippen molar-refractivity contribution >= 4 is 56.3 Å². The van der Waals surface area contributed by atoms with E-state index in [4.69, 9.17) is 22.7 Å². The molecule has 0 aliphatic heterocycles. The Bertz CT molecular complexity index is 1360. The molecule has 0 radical (unpaired) electrons. The van der Waals surface area contributed by atoms with E-state index in [9.17, 15) is 9.59 Å². The van der Waals surface area contributed by atoms with E-state index in [1.807, 2.05) is 79.7 Å². The summed E-state index contributed by atoms with van der Waals surface area (Å²) in [6.45, 7) is 1.65. The maximum Gasteiger partial charge on any atom is 0.264 e. The largest absolute Gasteiger partial charge is 0.483 e. The molecule has 2 amide bonds. The summed E-state index contributed by atoms with van der Waals surface area (Å²) in [5, 5.41) is 8.09. The Morgan fingerprint density at radius 2 is 1.71 bits per heavy atom. The number of carbonyl (C=O) groups is 2. The zero-order valence-corrected chi connectivity index (χ0v) is 20.1. The molecule has 4 N–H and O–H groups in total. The molecule has 172 valence electrons. The Labute approximate surface area is 206 Å². The number of benzene rings is 3. The number of carbonyl (C=O) groups excluding carboxylic acids is 2. The zero-order valence-electron chi connectivity index (χ0n) is 18.5. The van der Waals surface area contributed by atoms with Crippen molar-refractivity contribution < 1.29 is 14.3 Å². The van der Waals surface area contributed by atoms with Gasteiger partial charge in [-0.2, -0.15) is 0 Å². The molecule has 0 aliphatic rings. The lowest BCUT2D eigenvalue weighted by Gasteiger charge is -2.11. The van der Waals surface area contributed by atoms with Crippen molar-refractivity contribution in [3.05, 3.63) is 94.4 Å². The van der Waals surface area contributed by atoms with Crippen LogP contribution in [0, 0.1) is 6.92 Å². The number of thiocarbonyl (C=S) groups is 1. The van der Waals surface area contributed by atoms with Gasteiger partial charge in [0.2, 0.25) is 0 Å². The van der Waals surface area contributed by atoms with Gasteiger partial charge in [0, 0.05) is 16.7 Å². The van der Waals surface area contributed by atoms with E-state index in [-0.39, 0.29) is 11.7 Å². The normalized spacial score (nSPS) is 10.6. The Kier molecular flexibility index (Phi) is 7.20. The molecule has 0 unspecified atom stereocenters. The van der Waals surface area contributed by atoms with E-state index in [1.165, 1.54) is 11.3 Å². The second kappa shape index (κ2) is 10.5. The van der Waals surface area contributed by atoms with Crippen LogP contribution < -0.4 is 21.1 Å². The van der Waals surface area contributed by atoms with Gasteiger partial charge < -0.3 is 15.8 Å². The van der Waals surface area contributed by atoms with Gasteiger partial charge in [0.05, 0.1) is 5.56 Å². The number of hydrogen-bond donors (Lipinski definition) is 3. The lowest BCUT2D eigenvalue weighted by atomic mass is 10.1. The van der Waals surface area contributed by atoms with Crippen LogP contribution >= 0.6 is 23.6 Å². The molecule has 8 heteroatoms. The molecule has 1 aromatic heterocycles. The molecule has 0 saturated heterocycles. The van der Waals surface area contributed by atoms with Crippen molar-refractivity contribution in [3.63, 3.8) is 0 Å². The van der Waals surface area contributed by atoms with Gasteiger partial charge in [-0.1, -0.05) is 66.7 Å². The summed E-state index contributed by atoms with van der Waals surface area (Å²) >= 11 is 6.70. The maximum absolute atomic E-state index is 12.4. The topological polar surface area (TPSA) is 93.4 Å². The minimum atomic E-state index is -0.552. The molecule has 0 atom stereocenters. The molecule has 4 aromatic rings. The summed E-state index contributed by atoms with van der Waals surface area (Å²) in [6.07, 6.45) is 0.664. The van der Waals surface area contributed by atoms with Gasteiger partial charge >= 0.3 is 0 Å². The van der Waals surface area contributed by atoms with E-state index in [2.05, 4.69) is 10.6 Å². The molecule has 3 aromatic carbocycles. The fraction of sp³-hybridized carbons (Fsp3) is 0.115. The van der Waals surface area contributed by atoms with Gasteiger partial charge in [0.1, 0.15) is 10.8 Å². The van der Waals surface area contributed by atoms with Crippen LogP contribution in [-0.2, 0) is 11.2 Å². The molecule has 0 bridgehead atoms. The molecule has 1 heterocycles. The van der Waals surface area contributed by atoms with Crippen molar-refractivity contribution in [2.45, 2.75) is 13.3 Å². The van der Waals surface area contributed by atoms with Crippen LogP contribution in [0.3, 0.4) is 0 Å². The lowest BCUT2D eigenvalue weighted by molar-refractivity contribution is -0.121. The molecule has 0 spiro atoms. The highest BCUT2D eigenvalue weighted by atomic mass is 32.1.